The molecule has 1 atom stereocenters. The van der Waals surface area contributed by atoms with Gasteiger partial charge >= 0.3 is 0 Å². The Bertz CT molecular complexity index is 208. The summed E-state index contributed by atoms with van der Waals surface area (Å²) < 4.78 is 0. The van der Waals surface area contributed by atoms with Gasteiger partial charge < -0.3 is 25.2 Å². The van der Waals surface area contributed by atoms with Crippen molar-refractivity contribution in [1.82, 2.24) is 5.32 Å². The summed E-state index contributed by atoms with van der Waals surface area (Å²) in [6.45, 7) is 3.63. The fourth-order valence-electron chi connectivity index (χ4n) is 1.19. The van der Waals surface area contributed by atoms with Gasteiger partial charge in [0.2, 0.25) is 5.91 Å². The molecule has 0 spiro atoms. The van der Waals surface area contributed by atoms with Crippen LogP contribution in [0.15, 0.2) is 0 Å². The first-order valence-corrected chi connectivity index (χ1v) is 5.01. The molecular weight excluding hydrogens is 200 g/mol. The van der Waals surface area contributed by atoms with Gasteiger partial charge in [-0.3, -0.25) is 4.79 Å². The summed E-state index contributed by atoms with van der Waals surface area (Å²) in [7, 11) is 0. The van der Waals surface area contributed by atoms with Crippen molar-refractivity contribution in [2.45, 2.75) is 13.3 Å². The van der Waals surface area contributed by atoms with Gasteiger partial charge in [0.1, 0.15) is 6.54 Å². The number of likely N-dealkylation sites (N-methyl/N-ethyl adjacent to an activating group) is 1. The van der Waals surface area contributed by atoms with E-state index in [1.54, 1.807) is 0 Å². The van der Waals surface area contributed by atoms with Crippen LogP contribution in [0.1, 0.15) is 13.3 Å². The van der Waals surface area contributed by atoms with Gasteiger partial charge in [0.15, 0.2) is 0 Å². The Hall–Kier alpha value is -1.14. The molecule has 0 bridgehead atoms. The van der Waals surface area contributed by atoms with Gasteiger partial charge in [-0.25, -0.2) is 0 Å². The van der Waals surface area contributed by atoms with Crippen LogP contribution in [-0.2, 0) is 9.59 Å². The first-order chi connectivity index (χ1) is 7.10. The average molecular weight is 218 g/mol. The molecule has 0 aromatic heterocycles. The molecule has 0 saturated carbocycles. The molecule has 0 rings (SSSR count). The number of carbonyl (C=O) groups excluding carboxylic acids is 2. The first kappa shape index (κ1) is 13.9. The fourth-order valence-corrected chi connectivity index (χ4v) is 1.19. The van der Waals surface area contributed by atoms with Gasteiger partial charge in [-0.05, 0) is 6.92 Å². The third kappa shape index (κ3) is 7.90. The highest BCUT2D eigenvalue weighted by atomic mass is 16.4. The van der Waals surface area contributed by atoms with E-state index in [2.05, 4.69) is 5.32 Å². The maximum atomic E-state index is 11.1. The average Bonchev–Trinajstić information content (AvgIpc) is 2.21. The Morgan fingerprint density at radius 2 is 2.07 bits per heavy atom. The summed E-state index contributed by atoms with van der Waals surface area (Å²) in [6.07, 6.45) is 0.260. The molecule has 0 aromatic carbocycles. The van der Waals surface area contributed by atoms with Crippen molar-refractivity contribution in [3.8, 4) is 0 Å². The van der Waals surface area contributed by atoms with Crippen LogP contribution in [0.3, 0.4) is 0 Å². The number of carbonyl (C=O) groups is 2. The number of hydrogen-bond donors (Lipinski definition) is 3. The lowest BCUT2D eigenvalue weighted by molar-refractivity contribution is -0.898. The van der Waals surface area contributed by atoms with Gasteiger partial charge in [0.05, 0.1) is 38.6 Å². The summed E-state index contributed by atoms with van der Waals surface area (Å²) in [5, 5.41) is 21.0. The zero-order valence-corrected chi connectivity index (χ0v) is 8.91. The number of rotatable bonds is 8. The molecule has 6 heteroatoms. The summed E-state index contributed by atoms with van der Waals surface area (Å²) in [5.74, 6) is -1.60. The van der Waals surface area contributed by atoms with Crippen LogP contribution in [0.25, 0.3) is 0 Å². The molecule has 0 aliphatic carbocycles. The lowest BCUT2D eigenvalue weighted by Crippen LogP contribution is -3.12. The number of amides is 1. The molecule has 6 nitrogen and oxygen atoms in total. The quantitative estimate of drug-likeness (QED) is 0.389. The highest BCUT2D eigenvalue weighted by Crippen LogP contribution is 1.73. The molecule has 15 heavy (non-hydrogen) atoms. The lowest BCUT2D eigenvalue weighted by atomic mass is 10.3. The highest BCUT2D eigenvalue weighted by Gasteiger charge is 2.08. The van der Waals surface area contributed by atoms with Crippen molar-refractivity contribution in [3.05, 3.63) is 0 Å². The normalized spacial score (nSPS) is 12.1. The number of carboxylic acid groups (broad SMARTS) is 1. The van der Waals surface area contributed by atoms with Crippen molar-refractivity contribution in [2.75, 3.05) is 32.8 Å². The monoisotopic (exact) mass is 218 g/mol. The lowest BCUT2D eigenvalue weighted by Gasteiger charge is -2.15. The van der Waals surface area contributed by atoms with E-state index in [-0.39, 0.29) is 18.9 Å². The number of aliphatic carboxylic acids is 1. The molecule has 3 N–H and O–H groups in total. The van der Waals surface area contributed by atoms with Gasteiger partial charge in [-0.2, -0.15) is 0 Å². The molecule has 1 amide bonds. The van der Waals surface area contributed by atoms with E-state index in [0.29, 0.717) is 13.1 Å². The summed E-state index contributed by atoms with van der Waals surface area (Å²) in [4.78, 5) is 22.2. The van der Waals surface area contributed by atoms with E-state index < -0.39 is 12.5 Å². The number of quaternary nitrogens is 1. The zero-order chi connectivity index (χ0) is 11.7. The Morgan fingerprint density at radius 3 is 2.53 bits per heavy atom. The van der Waals surface area contributed by atoms with E-state index in [4.69, 9.17) is 5.11 Å². The maximum Gasteiger partial charge on any atom is 0.225 e. The molecule has 0 aromatic rings. The molecule has 0 aliphatic heterocycles. The van der Waals surface area contributed by atoms with Crippen LogP contribution in [0.4, 0.5) is 0 Å². The minimum Gasteiger partial charge on any atom is -0.548 e. The molecule has 0 fully saturated rings. The van der Waals surface area contributed by atoms with Crippen molar-refractivity contribution in [2.24, 2.45) is 0 Å². The number of nitrogens with one attached hydrogen (secondary N) is 2. The molecule has 0 heterocycles. The van der Waals surface area contributed by atoms with Gasteiger partial charge in [-0.1, -0.05) is 0 Å². The predicted octanol–water partition coefficient (Wildman–Crippen LogP) is -3.86. The van der Waals surface area contributed by atoms with E-state index in [1.165, 1.54) is 0 Å². The second-order valence-electron chi connectivity index (χ2n) is 3.23. The van der Waals surface area contributed by atoms with E-state index in [0.717, 1.165) is 11.4 Å². The minimum absolute atomic E-state index is 0.0871. The molecule has 0 aliphatic rings. The minimum atomic E-state index is -1.29. The number of hydrogen-bond acceptors (Lipinski definition) is 4. The summed E-state index contributed by atoms with van der Waals surface area (Å²) in [5.41, 5.74) is 0. The Labute approximate surface area is 88.9 Å². The number of aliphatic hydroxyl groups is 1. The predicted molar refractivity (Wildman–Crippen MR) is 51.0 cm³/mol. The van der Waals surface area contributed by atoms with Crippen LogP contribution in [0.5, 0.6) is 0 Å². The van der Waals surface area contributed by atoms with E-state index in [1.807, 2.05) is 6.92 Å². The van der Waals surface area contributed by atoms with Crippen LogP contribution in [0.2, 0.25) is 0 Å². The van der Waals surface area contributed by atoms with Gasteiger partial charge in [0.25, 0.3) is 0 Å². The van der Waals surface area contributed by atoms with E-state index >= 15 is 0 Å². The smallest absolute Gasteiger partial charge is 0.225 e. The molecule has 0 saturated heterocycles. The SMILES string of the molecule is CC[NH+](CCO)CCC(=O)NCC(=O)[O-]. The van der Waals surface area contributed by atoms with Crippen molar-refractivity contribution in [1.29, 1.82) is 0 Å². The van der Waals surface area contributed by atoms with Crippen molar-refractivity contribution >= 4 is 11.9 Å². The number of carboxylic acids is 1. The fraction of sp³-hybridized carbons (Fsp3) is 0.778. The van der Waals surface area contributed by atoms with Crippen LogP contribution in [0, 0.1) is 0 Å². The Balaban J connectivity index is 3.63. The summed E-state index contributed by atoms with van der Waals surface area (Å²) >= 11 is 0. The summed E-state index contributed by atoms with van der Waals surface area (Å²) in [6, 6.07) is 0. The van der Waals surface area contributed by atoms with Crippen LogP contribution in [-0.4, -0.2) is 49.8 Å². The first-order valence-electron chi connectivity index (χ1n) is 5.01. The van der Waals surface area contributed by atoms with Crippen molar-refractivity contribution in [3.63, 3.8) is 0 Å². The largest absolute Gasteiger partial charge is 0.548 e. The third-order valence-corrected chi connectivity index (χ3v) is 2.10. The second-order valence-corrected chi connectivity index (χ2v) is 3.23. The Kier molecular flexibility index (Phi) is 7.57. The highest BCUT2D eigenvalue weighted by molar-refractivity contribution is 5.80. The van der Waals surface area contributed by atoms with Gasteiger partial charge in [0, 0.05) is 0 Å². The van der Waals surface area contributed by atoms with Gasteiger partial charge in [-0.15, -0.1) is 0 Å². The topological polar surface area (TPSA) is 93.9 Å². The molecular formula is C9H18N2O4. The van der Waals surface area contributed by atoms with Crippen LogP contribution >= 0.6 is 0 Å². The van der Waals surface area contributed by atoms with E-state index in [9.17, 15) is 14.7 Å². The third-order valence-electron chi connectivity index (χ3n) is 2.10. The second kappa shape index (κ2) is 8.19. The zero-order valence-electron chi connectivity index (χ0n) is 8.91. The Morgan fingerprint density at radius 1 is 1.40 bits per heavy atom. The van der Waals surface area contributed by atoms with Crippen LogP contribution < -0.4 is 15.3 Å². The number of aliphatic hydroxyl groups excluding tert-OH is 1. The molecule has 1 unspecified atom stereocenters. The maximum absolute atomic E-state index is 11.1. The molecule has 0 radical (unpaired) electrons. The molecule has 88 valence electrons. The standard InChI is InChI=1S/C9H18N2O4/c1-2-11(5-6-12)4-3-8(13)10-7-9(14)15/h12H,2-7H2,1H3,(H,10,13)(H,14,15). The van der Waals surface area contributed by atoms with Crippen molar-refractivity contribution < 1.29 is 24.7 Å².